The highest BCUT2D eigenvalue weighted by atomic mass is 15.0. The smallest absolute Gasteiger partial charge is 0.0998 e. The Morgan fingerprint density at radius 1 is 0.340 bits per heavy atom. The lowest BCUT2D eigenvalue weighted by molar-refractivity contribution is 1.15. The van der Waals surface area contributed by atoms with E-state index in [0.717, 1.165) is 50.3 Å². The normalized spacial score (nSPS) is 11.8. The van der Waals surface area contributed by atoms with Crippen LogP contribution in [-0.4, -0.2) is 13.7 Å². The van der Waals surface area contributed by atoms with Crippen LogP contribution in [0.1, 0.15) is 5.56 Å². The predicted molar refractivity (Wildman–Crippen MR) is 220 cm³/mol. The zero-order valence-electron chi connectivity index (χ0n) is 28.6. The van der Waals surface area contributed by atoms with Crippen LogP contribution in [0.2, 0.25) is 0 Å². The van der Waals surface area contributed by atoms with Crippen molar-refractivity contribution in [3.05, 3.63) is 188 Å². The van der Waals surface area contributed by atoms with E-state index in [0.29, 0.717) is 5.56 Å². The average Bonchev–Trinajstić information content (AvgIpc) is 3.86. The second-order valence-electron chi connectivity index (χ2n) is 13.6. The molecular weight excluding hydrogens is 645 g/mol. The fraction of sp³-hybridized carbons (Fsp3) is 0. The molecule has 0 aliphatic carbocycles. The third-order valence-electron chi connectivity index (χ3n) is 10.9. The topological polar surface area (TPSA) is 38.6 Å². The molecule has 3 heterocycles. The van der Waals surface area contributed by atoms with Gasteiger partial charge in [0, 0.05) is 49.1 Å². The minimum Gasteiger partial charge on any atom is -0.309 e. The van der Waals surface area contributed by atoms with Gasteiger partial charge in [-0.15, -0.1) is 0 Å². The lowest BCUT2D eigenvalue weighted by atomic mass is 9.96. The summed E-state index contributed by atoms with van der Waals surface area (Å²) in [6.45, 7) is 0. The molecule has 0 amide bonds. The molecule has 246 valence electrons. The van der Waals surface area contributed by atoms with Gasteiger partial charge in [0.15, 0.2) is 0 Å². The molecule has 0 saturated carbocycles. The van der Waals surface area contributed by atoms with E-state index < -0.39 is 0 Å². The van der Waals surface area contributed by atoms with Crippen LogP contribution in [0.4, 0.5) is 0 Å². The molecule has 11 rings (SSSR count). The number of benzene rings is 8. The van der Waals surface area contributed by atoms with Gasteiger partial charge in [-0.1, -0.05) is 115 Å². The fourth-order valence-corrected chi connectivity index (χ4v) is 8.73. The lowest BCUT2D eigenvalue weighted by Gasteiger charge is -2.19. The van der Waals surface area contributed by atoms with Crippen LogP contribution in [0.5, 0.6) is 0 Å². The van der Waals surface area contributed by atoms with Crippen molar-refractivity contribution >= 4 is 65.4 Å². The Labute approximate surface area is 305 Å². The highest BCUT2D eigenvalue weighted by molar-refractivity contribution is 6.13. The van der Waals surface area contributed by atoms with Gasteiger partial charge in [-0.05, 0) is 66.7 Å². The second-order valence-corrected chi connectivity index (χ2v) is 13.6. The zero-order chi connectivity index (χ0) is 35.0. The van der Waals surface area contributed by atoms with Gasteiger partial charge in [0.1, 0.15) is 0 Å². The van der Waals surface area contributed by atoms with Crippen LogP contribution in [0.3, 0.4) is 0 Å². The first kappa shape index (κ1) is 29.4. The number of nitrogens with zero attached hydrogens (tertiary/aromatic N) is 4. The van der Waals surface area contributed by atoms with Gasteiger partial charge >= 0.3 is 0 Å². The maximum atomic E-state index is 10.7. The number of fused-ring (bicyclic) bond motifs is 9. The maximum Gasteiger partial charge on any atom is 0.0998 e. The number of hydrogen-bond acceptors (Lipinski definition) is 1. The van der Waals surface area contributed by atoms with E-state index in [9.17, 15) is 5.26 Å². The van der Waals surface area contributed by atoms with Crippen molar-refractivity contribution in [1.82, 2.24) is 13.7 Å². The minimum atomic E-state index is 0.631. The fourth-order valence-electron chi connectivity index (χ4n) is 8.73. The van der Waals surface area contributed by atoms with Crippen LogP contribution in [0.15, 0.2) is 182 Å². The van der Waals surface area contributed by atoms with Crippen LogP contribution < -0.4 is 0 Å². The number of rotatable bonds is 4. The van der Waals surface area contributed by atoms with Crippen molar-refractivity contribution in [2.45, 2.75) is 0 Å². The highest BCUT2D eigenvalue weighted by Gasteiger charge is 2.22. The summed E-state index contributed by atoms with van der Waals surface area (Å²) in [5, 5.41) is 17.9. The summed E-state index contributed by atoms with van der Waals surface area (Å²) >= 11 is 0. The Hall–Kier alpha value is -7.35. The van der Waals surface area contributed by atoms with E-state index >= 15 is 0 Å². The van der Waals surface area contributed by atoms with E-state index in [1.54, 1.807) is 0 Å². The monoisotopic (exact) mass is 674 g/mol. The van der Waals surface area contributed by atoms with Crippen molar-refractivity contribution in [2.75, 3.05) is 0 Å². The third kappa shape index (κ3) is 4.16. The van der Waals surface area contributed by atoms with E-state index in [1.165, 1.54) is 43.4 Å². The number of aromatic nitrogens is 3. The SMILES string of the molecule is N#Cc1cccc(-n2c3ccccc3c3ccccc32)c1-c1ccccc1-n1c2ccccc2c2cc(-n3c4ccccc4c4ccccc43)ccc21. The van der Waals surface area contributed by atoms with Crippen molar-refractivity contribution in [1.29, 1.82) is 5.26 Å². The second kappa shape index (κ2) is 11.3. The highest BCUT2D eigenvalue weighted by Crippen LogP contribution is 2.42. The molecule has 3 aromatic heterocycles. The van der Waals surface area contributed by atoms with E-state index in [-0.39, 0.29) is 0 Å². The third-order valence-corrected chi connectivity index (χ3v) is 10.9. The van der Waals surface area contributed by atoms with Crippen molar-refractivity contribution in [3.8, 4) is 34.3 Å². The summed E-state index contributed by atoms with van der Waals surface area (Å²) in [5.74, 6) is 0. The zero-order valence-corrected chi connectivity index (χ0v) is 28.6. The molecule has 0 N–H and O–H groups in total. The summed E-state index contributed by atoms with van der Waals surface area (Å²) < 4.78 is 7.08. The molecule has 0 spiro atoms. The number of para-hydroxylation sites is 6. The lowest BCUT2D eigenvalue weighted by Crippen LogP contribution is -2.03. The summed E-state index contributed by atoms with van der Waals surface area (Å²) in [6, 6.07) is 67.1. The molecule has 11 aromatic rings. The maximum absolute atomic E-state index is 10.7. The molecule has 8 aromatic carbocycles. The van der Waals surface area contributed by atoms with E-state index in [1.807, 2.05) is 12.1 Å². The molecular formula is C49H30N4. The predicted octanol–water partition coefficient (Wildman–Crippen LogP) is 12.5. The Morgan fingerprint density at radius 2 is 0.755 bits per heavy atom. The summed E-state index contributed by atoms with van der Waals surface area (Å²) in [6.07, 6.45) is 0. The molecule has 0 saturated heterocycles. The molecule has 0 aliphatic rings. The summed E-state index contributed by atoms with van der Waals surface area (Å²) in [7, 11) is 0. The quantitative estimate of drug-likeness (QED) is 0.183. The molecule has 0 fully saturated rings. The van der Waals surface area contributed by atoms with E-state index in [2.05, 4.69) is 190 Å². The van der Waals surface area contributed by atoms with Gasteiger partial charge in [0.2, 0.25) is 0 Å². The van der Waals surface area contributed by atoms with Crippen LogP contribution in [0.25, 0.3) is 93.6 Å². The van der Waals surface area contributed by atoms with Gasteiger partial charge < -0.3 is 13.7 Å². The Balaban J connectivity index is 1.20. The first-order chi connectivity index (χ1) is 26.3. The summed E-state index contributed by atoms with van der Waals surface area (Å²) in [4.78, 5) is 0. The first-order valence-corrected chi connectivity index (χ1v) is 17.9. The van der Waals surface area contributed by atoms with Crippen molar-refractivity contribution in [2.24, 2.45) is 0 Å². The Morgan fingerprint density at radius 3 is 1.30 bits per heavy atom. The Bertz CT molecular complexity index is 3200. The molecule has 0 bridgehead atoms. The number of hydrogen-bond donors (Lipinski definition) is 0. The molecule has 4 nitrogen and oxygen atoms in total. The average molecular weight is 675 g/mol. The number of nitriles is 1. The van der Waals surface area contributed by atoms with E-state index in [4.69, 9.17) is 0 Å². The molecule has 0 radical (unpaired) electrons. The molecule has 0 unspecified atom stereocenters. The van der Waals surface area contributed by atoms with Crippen molar-refractivity contribution < 1.29 is 0 Å². The van der Waals surface area contributed by atoms with Gasteiger partial charge in [0.05, 0.1) is 56.1 Å². The molecule has 53 heavy (non-hydrogen) atoms. The minimum absolute atomic E-state index is 0.631. The van der Waals surface area contributed by atoms with Gasteiger partial charge in [-0.3, -0.25) is 0 Å². The largest absolute Gasteiger partial charge is 0.309 e. The molecule has 4 heteroatoms. The Kier molecular flexibility index (Phi) is 6.28. The summed E-state index contributed by atoms with van der Waals surface area (Å²) in [5.41, 5.74) is 12.5. The molecule has 0 atom stereocenters. The first-order valence-electron chi connectivity index (χ1n) is 17.9. The van der Waals surface area contributed by atoms with Crippen LogP contribution >= 0.6 is 0 Å². The standard InChI is InChI=1S/C49H30N4/c50-31-32-14-13-27-48(53-43-23-9-3-17-36(43)37-18-4-10-24-44(37)53)49(32)39-20-6-12-26-46(39)52-45-25-11-5-19-38(45)40-30-33(28-29-47(40)52)51-41-21-7-1-15-34(41)35-16-2-8-22-42(35)51/h1-30H. The van der Waals surface area contributed by atoms with Crippen LogP contribution in [0, 0.1) is 11.3 Å². The van der Waals surface area contributed by atoms with Crippen LogP contribution in [-0.2, 0) is 0 Å². The van der Waals surface area contributed by atoms with Crippen molar-refractivity contribution in [3.63, 3.8) is 0 Å². The van der Waals surface area contributed by atoms with Gasteiger partial charge in [0.25, 0.3) is 0 Å². The van der Waals surface area contributed by atoms with Gasteiger partial charge in [-0.2, -0.15) is 5.26 Å². The van der Waals surface area contributed by atoms with Gasteiger partial charge in [-0.25, -0.2) is 0 Å². The molecule has 0 aliphatic heterocycles.